The number of aromatic nitrogens is 2. The number of nitrogens with one attached hydrogen (secondary N) is 1. The first-order valence-electron chi connectivity index (χ1n) is 10.5. The Kier molecular flexibility index (Phi) is 11.1. The van der Waals surface area contributed by atoms with Crippen LogP contribution in [0.15, 0.2) is 47.6 Å². The molecule has 2 aliphatic rings. The predicted molar refractivity (Wildman–Crippen MR) is 122 cm³/mol. The maximum absolute atomic E-state index is 12.8. The highest BCUT2D eigenvalue weighted by atomic mass is 16.5. The number of carbonyl (C=O) groups excluding carboxylic acids is 1. The largest absolute Gasteiger partial charge is 0.374 e. The Morgan fingerprint density at radius 2 is 2.16 bits per heavy atom. The maximum atomic E-state index is 12.8. The maximum Gasteiger partial charge on any atom is 0.161 e. The van der Waals surface area contributed by atoms with E-state index in [4.69, 9.17) is 10.5 Å². The number of ketones is 1. The normalized spacial score (nSPS) is 19.5. The molecule has 0 aromatic carbocycles. The van der Waals surface area contributed by atoms with Gasteiger partial charge in [-0.2, -0.15) is 5.26 Å². The summed E-state index contributed by atoms with van der Waals surface area (Å²) in [7, 11) is 1.88. The molecule has 0 amide bonds. The van der Waals surface area contributed by atoms with Gasteiger partial charge in [0.05, 0.1) is 36.5 Å². The quantitative estimate of drug-likeness (QED) is 0.557. The summed E-state index contributed by atoms with van der Waals surface area (Å²) in [6, 6.07) is 2.28. The molecule has 3 N–H and O–H groups in total. The Bertz CT molecular complexity index is 911. The summed E-state index contributed by atoms with van der Waals surface area (Å²) in [6.07, 6.45) is 10.9. The first kappa shape index (κ1) is 25.9. The van der Waals surface area contributed by atoms with Crippen molar-refractivity contribution in [3.63, 3.8) is 0 Å². The average molecular weight is 424 g/mol. The number of ether oxygens (including phenoxy) is 1. The molecule has 1 aromatic rings. The van der Waals surface area contributed by atoms with Gasteiger partial charge in [-0.05, 0) is 18.4 Å². The third-order valence-electron chi connectivity index (χ3n) is 4.78. The van der Waals surface area contributed by atoms with E-state index in [1.54, 1.807) is 6.20 Å². The number of imidazole rings is 1. The summed E-state index contributed by atoms with van der Waals surface area (Å²) in [5.41, 5.74) is 8.24. The molecule has 0 saturated heterocycles. The van der Waals surface area contributed by atoms with Crippen LogP contribution in [-0.2, 0) is 16.6 Å². The number of hydrogen-bond acceptors (Lipinski definition) is 6. The van der Waals surface area contributed by atoms with Gasteiger partial charge < -0.3 is 20.4 Å². The van der Waals surface area contributed by atoms with Crippen LogP contribution >= 0.6 is 0 Å². The molecule has 2 unspecified atom stereocenters. The van der Waals surface area contributed by atoms with E-state index in [1.165, 1.54) is 6.08 Å². The van der Waals surface area contributed by atoms with Gasteiger partial charge in [0.2, 0.25) is 0 Å². The number of nitrogens with two attached hydrogens (primary N) is 1. The lowest BCUT2D eigenvalue weighted by atomic mass is 9.76. The predicted octanol–water partition coefficient (Wildman–Crippen LogP) is 2.94. The molecule has 1 aromatic heterocycles. The van der Waals surface area contributed by atoms with E-state index < -0.39 is 5.92 Å². The van der Waals surface area contributed by atoms with E-state index in [1.807, 2.05) is 31.7 Å². The van der Waals surface area contributed by atoms with E-state index in [0.29, 0.717) is 42.2 Å². The molecular weight excluding hydrogens is 390 g/mol. The minimum atomic E-state index is -0.447. The number of allylic oxidation sites excluding steroid dienone is 4. The van der Waals surface area contributed by atoms with Crippen molar-refractivity contribution in [3.05, 3.63) is 53.4 Å². The van der Waals surface area contributed by atoms with E-state index in [9.17, 15) is 10.1 Å². The highest BCUT2D eigenvalue weighted by Gasteiger charge is 2.40. The van der Waals surface area contributed by atoms with Crippen molar-refractivity contribution in [1.29, 1.82) is 5.26 Å². The van der Waals surface area contributed by atoms with Gasteiger partial charge in [0.1, 0.15) is 5.82 Å². The van der Waals surface area contributed by atoms with Crippen LogP contribution in [0.4, 0.5) is 0 Å². The van der Waals surface area contributed by atoms with Crippen molar-refractivity contribution in [2.75, 3.05) is 19.8 Å². The smallest absolute Gasteiger partial charge is 0.161 e. The number of dihydropyridines is 1. The summed E-state index contributed by atoms with van der Waals surface area (Å²) in [5.74, 6) is 2.81. The van der Waals surface area contributed by atoms with Crippen LogP contribution in [0.1, 0.15) is 45.4 Å². The fraction of sp³-hybridized carbons (Fsp3) is 0.458. The zero-order valence-corrected chi connectivity index (χ0v) is 18.9. The fourth-order valence-corrected chi connectivity index (χ4v) is 3.56. The van der Waals surface area contributed by atoms with Gasteiger partial charge in [-0.1, -0.05) is 33.3 Å². The molecule has 2 heterocycles. The van der Waals surface area contributed by atoms with Crippen LogP contribution < -0.4 is 11.1 Å². The monoisotopic (exact) mass is 423 g/mol. The van der Waals surface area contributed by atoms with E-state index in [0.717, 1.165) is 12.1 Å². The van der Waals surface area contributed by atoms with E-state index in [2.05, 4.69) is 42.2 Å². The molecule has 1 aliphatic heterocycles. The lowest BCUT2D eigenvalue weighted by Crippen LogP contribution is -2.36. The molecule has 7 nitrogen and oxygen atoms in total. The van der Waals surface area contributed by atoms with Crippen molar-refractivity contribution in [3.8, 4) is 18.4 Å². The van der Waals surface area contributed by atoms with E-state index in [-0.39, 0.29) is 18.3 Å². The third kappa shape index (κ3) is 6.42. The zero-order chi connectivity index (χ0) is 23.4. The molecule has 166 valence electrons. The van der Waals surface area contributed by atoms with Gasteiger partial charge in [0.25, 0.3) is 0 Å². The summed E-state index contributed by atoms with van der Waals surface area (Å²) in [6.45, 7) is 10.4. The minimum Gasteiger partial charge on any atom is -0.374 e. The molecule has 2 atom stereocenters. The van der Waals surface area contributed by atoms with Gasteiger partial charge in [0.15, 0.2) is 5.78 Å². The highest BCUT2D eigenvalue weighted by Crippen LogP contribution is 2.42. The first-order valence-corrected chi connectivity index (χ1v) is 10.5. The van der Waals surface area contributed by atoms with Gasteiger partial charge in [-0.25, -0.2) is 4.98 Å². The molecule has 3 rings (SSSR count). The number of nitriles is 1. The van der Waals surface area contributed by atoms with Crippen LogP contribution in [0.2, 0.25) is 0 Å². The van der Waals surface area contributed by atoms with Crippen LogP contribution in [0.3, 0.4) is 0 Å². The average Bonchev–Trinajstić information content (AvgIpc) is 3.19. The Labute approximate surface area is 185 Å². The molecule has 31 heavy (non-hydrogen) atoms. The molecule has 0 spiro atoms. The highest BCUT2D eigenvalue weighted by molar-refractivity contribution is 5.99. The summed E-state index contributed by atoms with van der Waals surface area (Å²) >= 11 is 0. The Hall–Kier alpha value is -3.13. The lowest BCUT2D eigenvalue weighted by molar-refractivity contribution is -0.117. The van der Waals surface area contributed by atoms with Gasteiger partial charge in [-0.3, -0.25) is 4.79 Å². The number of aryl methyl sites for hydroxylation is 1. The van der Waals surface area contributed by atoms with Crippen LogP contribution in [-0.4, -0.2) is 35.1 Å². The number of hydrogen-bond donors (Lipinski definition) is 2. The summed E-state index contributed by atoms with van der Waals surface area (Å²) in [4.78, 5) is 17.2. The minimum absolute atomic E-state index is 0.0870. The molecular formula is C24H33N5O2. The SMILES string of the molecule is C#CC=C.CC.CC1CC(=O)C2=C(C1)NC(COCCN)=C(C#N)C2c1nccn1C. The Morgan fingerprint density at radius 1 is 1.48 bits per heavy atom. The molecule has 0 radical (unpaired) electrons. The van der Waals surface area contributed by atoms with Gasteiger partial charge >= 0.3 is 0 Å². The van der Waals surface area contributed by atoms with Crippen molar-refractivity contribution in [2.45, 2.75) is 39.5 Å². The van der Waals surface area contributed by atoms with Crippen LogP contribution in [0, 0.1) is 29.6 Å². The number of carbonyl (C=O) groups is 1. The van der Waals surface area contributed by atoms with Crippen molar-refractivity contribution in [1.82, 2.24) is 14.9 Å². The molecule has 0 fully saturated rings. The van der Waals surface area contributed by atoms with E-state index >= 15 is 0 Å². The Morgan fingerprint density at radius 3 is 2.68 bits per heavy atom. The van der Waals surface area contributed by atoms with Gasteiger partial charge in [-0.15, -0.1) is 6.42 Å². The number of Topliss-reactive ketones (excluding diaryl/α,β-unsaturated/α-hetero) is 1. The topological polar surface area (TPSA) is 106 Å². The first-order chi connectivity index (χ1) is 15.0. The summed E-state index contributed by atoms with van der Waals surface area (Å²) in [5, 5.41) is 13.1. The summed E-state index contributed by atoms with van der Waals surface area (Å²) < 4.78 is 7.42. The molecule has 1 aliphatic carbocycles. The second-order valence-corrected chi connectivity index (χ2v) is 7.00. The van der Waals surface area contributed by atoms with Crippen molar-refractivity contribution >= 4 is 5.78 Å². The standard InChI is InChI=1S/C18H23N5O2.C4H4.C2H6/c1-11-7-13-17(15(24)8-11)16(18-21-4-5-23(18)2)12(9-20)14(22-13)10-25-6-3-19;1-3-4-2;1-2/h4-5,11,16,22H,3,6-8,10,19H2,1-2H3;1,4H,2H2;1-2H3. The third-order valence-corrected chi connectivity index (χ3v) is 4.78. The Balaban J connectivity index is 0.000000720. The lowest BCUT2D eigenvalue weighted by Gasteiger charge is -2.34. The second kappa shape index (κ2) is 13.2. The fourth-order valence-electron chi connectivity index (χ4n) is 3.56. The number of rotatable bonds is 5. The second-order valence-electron chi connectivity index (χ2n) is 7.00. The van der Waals surface area contributed by atoms with Crippen molar-refractivity contribution < 1.29 is 9.53 Å². The van der Waals surface area contributed by atoms with Gasteiger partial charge in [0, 0.05) is 43.7 Å². The molecule has 7 heteroatoms. The molecule has 0 bridgehead atoms. The number of terminal acetylenes is 1. The van der Waals surface area contributed by atoms with Crippen LogP contribution in [0.5, 0.6) is 0 Å². The number of nitrogens with zero attached hydrogens (tertiary/aromatic N) is 3. The zero-order valence-electron chi connectivity index (χ0n) is 18.9. The van der Waals surface area contributed by atoms with Crippen LogP contribution in [0.25, 0.3) is 0 Å². The molecule has 0 saturated carbocycles. The van der Waals surface area contributed by atoms with Crippen molar-refractivity contribution in [2.24, 2.45) is 18.7 Å².